The van der Waals surface area contributed by atoms with Gasteiger partial charge in [-0.1, -0.05) is 30.3 Å². The van der Waals surface area contributed by atoms with E-state index in [0.717, 1.165) is 9.99 Å². The predicted octanol–water partition coefficient (Wildman–Crippen LogP) is 4.63. The van der Waals surface area contributed by atoms with Gasteiger partial charge in [0.1, 0.15) is 11.5 Å². The number of amides is 2. The summed E-state index contributed by atoms with van der Waals surface area (Å²) in [5.74, 6) is 0.473. The number of ether oxygens (including phenoxy) is 2. The highest BCUT2D eigenvalue weighted by molar-refractivity contribution is 14.1. The molecular formula is C24H21BrIN3O4S. The van der Waals surface area contributed by atoms with E-state index >= 15 is 0 Å². The van der Waals surface area contributed by atoms with Crippen LogP contribution in [0.2, 0.25) is 0 Å². The smallest absolute Gasteiger partial charge is 0.269 e. The topological polar surface area (TPSA) is 88.7 Å². The van der Waals surface area contributed by atoms with E-state index in [-0.39, 0.29) is 5.11 Å². The van der Waals surface area contributed by atoms with Crippen molar-refractivity contribution >= 4 is 67.7 Å². The van der Waals surface area contributed by atoms with Crippen molar-refractivity contribution in [1.82, 2.24) is 16.2 Å². The SMILES string of the molecule is COc1ccc(C(=O)NNC(=S)NC(=O)c2ccc(OCCc3ccccc3)c(Br)c2)cc1I. The van der Waals surface area contributed by atoms with Crippen molar-refractivity contribution in [3.05, 3.63) is 91.5 Å². The first-order chi connectivity index (χ1) is 16.4. The van der Waals surface area contributed by atoms with Gasteiger partial charge in [-0.05, 0) is 92.7 Å². The minimum atomic E-state index is -0.428. The van der Waals surface area contributed by atoms with Crippen molar-refractivity contribution in [2.24, 2.45) is 0 Å². The second kappa shape index (κ2) is 12.7. The van der Waals surface area contributed by atoms with Gasteiger partial charge >= 0.3 is 0 Å². The Morgan fingerprint density at radius 2 is 1.62 bits per heavy atom. The monoisotopic (exact) mass is 653 g/mol. The highest BCUT2D eigenvalue weighted by atomic mass is 127. The summed E-state index contributed by atoms with van der Waals surface area (Å²) in [4.78, 5) is 24.8. The largest absolute Gasteiger partial charge is 0.496 e. The van der Waals surface area contributed by atoms with Crippen molar-refractivity contribution in [2.75, 3.05) is 13.7 Å². The Hall–Kier alpha value is -2.70. The number of halogens is 2. The molecule has 0 fully saturated rings. The molecule has 0 aliphatic rings. The molecule has 3 N–H and O–H groups in total. The zero-order chi connectivity index (χ0) is 24.5. The van der Waals surface area contributed by atoms with E-state index in [1.807, 2.05) is 30.3 Å². The van der Waals surface area contributed by atoms with Gasteiger partial charge in [-0.15, -0.1) is 0 Å². The van der Waals surface area contributed by atoms with Gasteiger partial charge in [-0.3, -0.25) is 25.8 Å². The normalized spacial score (nSPS) is 10.2. The van der Waals surface area contributed by atoms with E-state index in [0.29, 0.717) is 33.7 Å². The average Bonchev–Trinajstić information content (AvgIpc) is 2.84. The van der Waals surface area contributed by atoms with Gasteiger partial charge in [0.2, 0.25) is 0 Å². The molecule has 0 saturated carbocycles. The molecule has 0 unspecified atom stereocenters. The molecule has 0 atom stereocenters. The van der Waals surface area contributed by atoms with Gasteiger partial charge in [0, 0.05) is 17.5 Å². The molecule has 3 aromatic rings. The summed E-state index contributed by atoms with van der Waals surface area (Å²) in [6.45, 7) is 0.509. The highest BCUT2D eigenvalue weighted by Gasteiger charge is 2.13. The van der Waals surface area contributed by atoms with Crippen LogP contribution >= 0.6 is 50.7 Å². The van der Waals surface area contributed by atoms with Gasteiger partial charge < -0.3 is 9.47 Å². The number of hydrazine groups is 1. The summed E-state index contributed by atoms with van der Waals surface area (Å²) in [5, 5.41) is 2.49. The van der Waals surface area contributed by atoms with Crippen molar-refractivity contribution in [2.45, 2.75) is 6.42 Å². The molecule has 0 aliphatic heterocycles. The Morgan fingerprint density at radius 1 is 0.941 bits per heavy atom. The van der Waals surface area contributed by atoms with Gasteiger partial charge in [-0.25, -0.2) is 0 Å². The third-order valence-electron chi connectivity index (χ3n) is 4.62. The van der Waals surface area contributed by atoms with Crippen LogP contribution in [-0.2, 0) is 6.42 Å². The van der Waals surface area contributed by atoms with Crippen LogP contribution in [0, 0.1) is 3.57 Å². The van der Waals surface area contributed by atoms with Crippen LogP contribution in [0.25, 0.3) is 0 Å². The van der Waals surface area contributed by atoms with Crippen LogP contribution in [0.3, 0.4) is 0 Å². The number of methoxy groups -OCH3 is 1. The summed E-state index contributed by atoms with van der Waals surface area (Å²) >= 11 is 10.6. The number of thiocarbonyl (C=S) groups is 1. The molecule has 176 valence electrons. The van der Waals surface area contributed by atoms with Gasteiger partial charge in [0.25, 0.3) is 11.8 Å². The maximum absolute atomic E-state index is 12.5. The Bertz CT molecular complexity index is 1190. The number of nitrogens with one attached hydrogen (secondary N) is 3. The van der Waals surface area contributed by atoms with E-state index in [2.05, 4.69) is 54.7 Å². The molecule has 0 radical (unpaired) electrons. The van der Waals surface area contributed by atoms with E-state index in [9.17, 15) is 9.59 Å². The molecule has 34 heavy (non-hydrogen) atoms. The van der Waals surface area contributed by atoms with Gasteiger partial charge in [-0.2, -0.15) is 0 Å². The maximum Gasteiger partial charge on any atom is 0.269 e. The predicted molar refractivity (Wildman–Crippen MR) is 146 cm³/mol. The molecule has 0 bridgehead atoms. The Kier molecular flexibility index (Phi) is 9.66. The standard InChI is InChI=1S/C24H21BrIN3O4S/c1-32-21-10-8-17(14-19(21)26)23(31)28-29-24(34)27-22(30)16-7-9-20(18(25)13-16)33-12-11-15-5-3-2-4-6-15/h2-10,13-14H,11-12H2,1H3,(H,28,31)(H2,27,29,30,34). The number of rotatable bonds is 7. The van der Waals surface area contributed by atoms with E-state index in [4.69, 9.17) is 21.7 Å². The Labute approximate surface area is 224 Å². The number of hydrogen-bond donors (Lipinski definition) is 3. The molecule has 3 aromatic carbocycles. The molecule has 0 aliphatic carbocycles. The van der Waals surface area contributed by atoms with Crippen LogP contribution in [0.4, 0.5) is 0 Å². The number of carbonyl (C=O) groups excluding carboxylic acids is 2. The van der Waals surface area contributed by atoms with Crippen LogP contribution in [0.1, 0.15) is 26.3 Å². The average molecular weight is 654 g/mol. The third-order valence-corrected chi connectivity index (χ3v) is 6.28. The van der Waals surface area contributed by atoms with Crippen molar-refractivity contribution in [3.8, 4) is 11.5 Å². The molecule has 3 rings (SSSR count). The van der Waals surface area contributed by atoms with Crippen LogP contribution < -0.4 is 25.6 Å². The molecular weight excluding hydrogens is 633 g/mol. The lowest BCUT2D eigenvalue weighted by Gasteiger charge is -2.13. The van der Waals surface area contributed by atoms with Crippen LogP contribution in [-0.4, -0.2) is 30.6 Å². The molecule has 7 nitrogen and oxygen atoms in total. The fourth-order valence-electron chi connectivity index (χ4n) is 2.88. The van der Waals surface area contributed by atoms with Gasteiger partial charge in [0.15, 0.2) is 5.11 Å². The first-order valence-corrected chi connectivity index (χ1v) is 12.4. The lowest BCUT2D eigenvalue weighted by molar-refractivity contribution is 0.0934. The van der Waals surface area contributed by atoms with Crippen LogP contribution in [0.5, 0.6) is 11.5 Å². The summed E-state index contributed by atoms with van der Waals surface area (Å²) < 4.78 is 12.4. The Morgan fingerprint density at radius 3 is 2.26 bits per heavy atom. The van der Waals surface area contributed by atoms with E-state index in [1.54, 1.807) is 43.5 Å². The van der Waals surface area contributed by atoms with E-state index < -0.39 is 11.8 Å². The number of hydrogen-bond acceptors (Lipinski definition) is 5. The molecule has 10 heteroatoms. The van der Waals surface area contributed by atoms with Crippen molar-refractivity contribution in [1.29, 1.82) is 0 Å². The summed E-state index contributed by atoms with van der Waals surface area (Å²) in [6.07, 6.45) is 0.775. The zero-order valence-corrected chi connectivity index (χ0v) is 22.6. The molecule has 0 heterocycles. The first kappa shape index (κ1) is 25.9. The lowest BCUT2D eigenvalue weighted by Crippen LogP contribution is -2.48. The summed E-state index contributed by atoms with van der Waals surface area (Å²) in [7, 11) is 1.56. The fourth-order valence-corrected chi connectivity index (χ4v) is 4.25. The minimum Gasteiger partial charge on any atom is -0.496 e. The van der Waals surface area contributed by atoms with Crippen molar-refractivity contribution in [3.63, 3.8) is 0 Å². The Balaban J connectivity index is 1.48. The zero-order valence-electron chi connectivity index (χ0n) is 18.1. The first-order valence-electron chi connectivity index (χ1n) is 10.1. The number of carbonyl (C=O) groups is 2. The molecule has 2 amide bonds. The molecule has 0 aromatic heterocycles. The van der Waals surface area contributed by atoms with Crippen molar-refractivity contribution < 1.29 is 19.1 Å². The second-order valence-electron chi connectivity index (χ2n) is 6.94. The lowest BCUT2D eigenvalue weighted by atomic mass is 10.2. The maximum atomic E-state index is 12.5. The highest BCUT2D eigenvalue weighted by Crippen LogP contribution is 2.26. The number of benzene rings is 3. The molecule has 0 saturated heterocycles. The quantitative estimate of drug-likeness (QED) is 0.196. The fraction of sp³-hybridized carbons (Fsp3) is 0.125. The minimum absolute atomic E-state index is 0.0409. The van der Waals surface area contributed by atoms with Crippen LogP contribution in [0.15, 0.2) is 71.2 Å². The third kappa shape index (κ3) is 7.40. The summed E-state index contributed by atoms with van der Waals surface area (Å²) in [6, 6.07) is 20.0. The van der Waals surface area contributed by atoms with E-state index in [1.165, 1.54) is 5.56 Å². The molecule has 0 spiro atoms. The summed E-state index contributed by atoms with van der Waals surface area (Å²) in [5.41, 5.74) is 6.97. The van der Waals surface area contributed by atoms with Gasteiger partial charge in [0.05, 0.1) is 21.8 Å². The second-order valence-corrected chi connectivity index (χ2v) is 9.37.